The number of hydrogen-bond acceptors (Lipinski definition) is 5. The van der Waals surface area contributed by atoms with Gasteiger partial charge in [-0.3, -0.25) is 14.9 Å². The van der Waals surface area contributed by atoms with Crippen molar-refractivity contribution in [1.82, 2.24) is 0 Å². The fourth-order valence-corrected chi connectivity index (χ4v) is 2.65. The number of carbonyl (C=O) groups excluding carboxylic acids is 1. The van der Waals surface area contributed by atoms with Gasteiger partial charge in [-0.2, -0.15) is 0 Å². The smallest absolute Gasteiger partial charge is 0.360 e. The van der Waals surface area contributed by atoms with Gasteiger partial charge < -0.3 is 9.73 Å². The minimum Gasteiger partial charge on any atom is -0.414 e. The van der Waals surface area contributed by atoms with Gasteiger partial charge in [0.1, 0.15) is 5.69 Å². The van der Waals surface area contributed by atoms with Gasteiger partial charge in [0, 0.05) is 21.5 Å². The van der Waals surface area contributed by atoms with Crippen LogP contribution in [0.15, 0.2) is 62.2 Å². The van der Waals surface area contributed by atoms with Crippen molar-refractivity contribution in [2.24, 2.45) is 0 Å². The van der Waals surface area contributed by atoms with E-state index in [9.17, 15) is 19.7 Å². The number of nitrogens with zero attached hydrogens (tertiary/aromatic N) is 1. The van der Waals surface area contributed by atoms with E-state index in [0.29, 0.717) is 15.4 Å². The Morgan fingerprint density at radius 1 is 1.17 bits per heavy atom. The molecule has 0 aliphatic heterocycles. The van der Waals surface area contributed by atoms with Gasteiger partial charge in [-0.05, 0) is 24.3 Å². The molecule has 120 valence electrons. The molecule has 0 aliphatic carbocycles. The summed E-state index contributed by atoms with van der Waals surface area (Å²) in [7, 11) is 0. The molecular weight excluding hydrogens is 380 g/mol. The maximum Gasteiger partial charge on any atom is 0.360 e. The molecule has 0 bridgehead atoms. The summed E-state index contributed by atoms with van der Waals surface area (Å²) in [6.07, 6.45) is 0. The molecule has 0 fully saturated rings. The summed E-state index contributed by atoms with van der Waals surface area (Å²) in [5.74, 6) is -0.480. The first kappa shape index (κ1) is 15.9. The molecule has 0 unspecified atom stereocenters. The van der Waals surface area contributed by atoms with Gasteiger partial charge in [-0.15, -0.1) is 0 Å². The molecule has 0 saturated carbocycles. The van der Waals surface area contributed by atoms with E-state index < -0.39 is 16.5 Å². The molecule has 24 heavy (non-hydrogen) atoms. The molecule has 0 radical (unpaired) electrons. The van der Waals surface area contributed by atoms with Crippen molar-refractivity contribution in [1.29, 1.82) is 0 Å². The number of benzene rings is 2. The summed E-state index contributed by atoms with van der Waals surface area (Å²) < 4.78 is 5.50. The van der Waals surface area contributed by atoms with Gasteiger partial charge in [-0.1, -0.05) is 34.1 Å². The topological polar surface area (TPSA) is 102 Å². The van der Waals surface area contributed by atoms with Gasteiger partial charge in [0.15, 0.2) is 0 Å². The predicted octanol–water partition coefficient (Wildman–Crippen LogP) is 3.72. The lowest BCUT2D eigenvalue weighted by molar-refractivity contribution is -0.383. The van der Waals surface area contributed by atoms with Crippen molar-refractivity contribution >= 4 is 44.2 Å². The lowest BCUT2D eigenvalue weighted by Crippen LogP contribution is -2.17. The normalized spacial score (nSPS) is 10.5. The molecule has 1 amide bonds. The number of anilines is 1. The maximum absolute atomic E-state index is 12.1. The summed E-state index contributed by atoms with van der Waals surface area (Å²) in [6, 6.07) is 12.5. The molecular formula is C16H9BrN2O5. The highest BCUT2D eigenvalue weighted by Gasteiger charge is 2.19. The molecule has 3 aromatic rings. The molecule has 0 aliphatic rings. The average Bonchev–Trinajstić information content (AvgIpc) is 2.56. The average molecular weight is 389 g/mol. The van der Waals surface area contributed by atoms with Crippen molar-refractivity contribution in [3.63, 3.8) is 0 Å². The Kier molecular flexibility index (Phi) is 4.13. The van der Waals surface area contributed by atoms with Crippen molar-refractivity contribution in [3.8, 4) is 0 Å². The minimum atomic E-state index is -0.864. The monoisotopic (exact) mass is 388 g/mol. The van der Waals surface area contributed by atoms with Crippen molar-refractivity contribution in [2.75, 3.05) is 5.32 Å². The Morgan fingerprint density at radius 3 is 2.54 bits per heavy atom. The van der Waals surface area contributed by atoms with E-state index in [1.54, 1.807) is 36.4 Å². The van der Waals surface area contributed by atoms with Crippen LogP contribution in [0.5, 0.6) is 0 Å². The molecule has 3 rings (SSSR count). The number of amides is 1. The standard InChI is InChI=1S/C16H9BrN2O5/c17-11-6-10-7-12(18-15(20)9-4-2-1-3-5-9)16(21)24-14(10)13(8-11)19(22)23/h1-8H,(H,18,20). The molecule has 8 heteroatoms. The van der Waals surface area contributed by atoms with Crippen LogP contribution < -0.4 is 10.9 Å². The summed E-state index contributed by atoms with van der Waals surface area (Å²) in [5, 5.41) is 13.9. The number of nitro groups is 1. The number of carbonyl (C=O) groups is 1. The van der Waals surface area contributed by atoms with Crippen molar-refractivity contribution < 1.29 is 14.1 Å². The summed E-state index contributed by atoms with van der Waals surface area (Å²) in [6.45, 7) is 0. The number of hydrogen-bond donors (Lipinski definition) is 1. The van der Waals surface area contributed by atoms with Crippen LogP contribution in [0.4, 0.5) is 11.4 Å². The van der Waals surface area contributed by atoms with E-state index in [2.05, 4.69) is 21.2 Å². The van der Waals surface area contributed by atoms with Crippen LogP contribution in [0.25, 0.3) is 11.0 Å². The summed E-state index contributed by atoms with van der Waals surface area (Å²) in [5.41, 5.74) is -1.07. The van der Waals surface area contributed by atoms with Gasteiger partial charge in [0.2, 0.25) is 5.58 Å². The number of nitro benzene ring substituents is 1. The highest BCUT2D eigenvalue weighted by molar-refractivity contribution is 9.10. The SMILES string of the molecule is O=C(Nc1cc2cc(Br)cc([N+](=O)[O-])c2oc1=O)c1ccccc1. The highest BCUT2D eigenvalue weighted by atomic mass is 79.9. The Hall–Kier alpha value is -3.00. The summed E-state index contributed by atoms with van der Waals surface area (Å²) >= 11 is 3.17. The van der Waals surface area contributed by atoms with Crippen LogP contribution in [0.1, 0.15) is 10.4 Å². The van der Waals surface area contributed by atoms with E-state index in [4.69, 9.17) is 4.42 Å². The largest absolute Gasteiger partial charge is 0.414 e. The van der Waals surface area contributed by atoms with E-state index in [-0.39, 0.29) is 17.0 Å². The fourth-order valence-electron chi connectivity index (χ4n) is 2.19. The lowest BCUT2D eigenvalue weighted by atomic mass is 10.2. The second-order valence-electron chi connectivity index (χ2n) is 4.87. The third-order valence-corrected chi connectivity index (χ3v) is 3.72. The quantitative estimate of drug-likeness (QED) is 0.418. The number of fused-ring (bicyclic) bond motifs is 1. The first-order chi connectivity index (χ1) is 11.5. The Bertz CT molecular complexity index is 1010. The molecule has 2 aromatic carbocycles. The first-order valence-corrected chi connectivity index (χ1v) is 7.53. The van der Waals surface area contributed by atoms with Gasteiger partial charge in [-0.25, -0.2) is 4.79 Å². The molecule has 0 spiro atoms. The zero-order valence-electron chi connectivity index (χ0n) is 12.0. The Labute approximate surface area is 143 Å². The minimum absolute atomic E-state index is 0.0937. The van der Waals surface area contributed by atoms with E-state index in [1.165, 1.54) is 12.1 Å². The molecule has 1 aromatic heterocycles. The zero-order chi connectivity index (χ0) is 17.3. The van der Waals surface area contributed by atoms with Crippen molar-refractivity contribution in [3.05, 3.63) is 79.1 Å². The molecule has 1 heterocycles. The first-order valence-electron chi connectivity index (χ1n) is 6.74. The van der Waals surface area contributed by atoms with Gasteiger partial charge in [0.25, 0.3) is 5.91 Å². The maximum atomic E-state index is 12.1. The second kappa shape index (κ2) is 6.25. The Morgan fingerprint density at radius 2 is 1.88 bits per heavy atom. The number of rotatable bonds is 3. The van der Waals surface area contributed by atoms with Crippen LogP contribution in [-0.4, -0.2) is 10.8 Å². The summed E-state index contributed by atoms with van der Waals surface area (Å²) in [4.78, 5) is 34.6. The third kappa shape index (κ3) is 3.04. The fraction of sp³-hybridized carbons (Fsp3) is 0. The molecule has 0 atom stereocenters. The Balaban J connectivity index is 2.07. The van der Waals surface area contributed by atoms with Crippen LogP contribution in [0, 0.1) is 10.1 Å². The van der Waals surface area contributed by atoms with Crippen LogP contribution in [-0.2, 0) is 0 Å². The van der Waals surface area contributed by atoms with E-state index in [0.717, 1.165) is 0 Å². The van der Waals surface area contributed by atoms with E-state index in [1.807, 2.05) is 0 Å². The van der Waals surface area contributed by atoms with Gasteiger partial charge >= 0.3 is 11.3 Å². The van der Waals surface area contributed by atoms with Gasteiger partial charge in [0.05, 0.1) is 4.92 Å². The zero-order valence-corrected chi connectivity index (χ0v) is 13.6. The van der Waals surface area contributed by atoms with E-state index >= 15 is 0 Å². The van der Waals surface area contributed by atoms with Crippen LogP contribution in [0.2, 0.25) is 0 Å². The number of halogens is 1. The molecule has 1 N–H and O–H groups in total. The van der Waals surface area contributed by atoms with Crippen LogP contribution >= 0.6 is 15.9 Å². The molecule has 7 nitrogen and oxygen atoms in total. The highest BCUT2D eigenvalue weighted by Crippen LogP contribution is 2.30. The lowest BCUT2D eigenvalue weighted by Gasteiger charge is -2.06. The third-order valence-electron chi connectivity index (χ3n) is 3.26. The number of non-ortho nitro benzene ring substituents is 1. The number of nitrogens with one attached hydrogen (secondary N) is 1. The van der Waals surface area contributed by atoms with Crippen LogP contribution in [0.3, 0.4) is 0 Å². The molecule has 0 saturated heterocycles. The predicted molar refractivity (Wildman–Crippen MR) is 91.2 cm³/mol. The second-order valence-corrected chi connectivity index (χ2v) is 5.78. The van der Waals surface area contributed by atoms with Crippen molar-refractivity contribution in [2.45, 2.75) is 0 Å².